The Balaban J connectivity index is 1.36. The molecule has 2 aliphatic heterocycles. The smallest absolute Gasteiger partial charge is 0.132 e. The zero-order chi connectivity index (χ0) is 26.0. The summed E-state index contributed by atoms with van der Waals surface area (Å²) in [6.45, 7) is 9.01. The van der Waals surface area contributed by atoms with Gasteiger partial charge in [-0.1, -0.05) is 24.3 Å². The van der Waals surface area contributed by atoms with E-state index < -0.39 is 12.2 Å². The molecule has 0 amide bonds. The fourth-order valence-electron chi connectivity index (χ4n) is 4.52. The number of hydrogen-bond acceptors (Lipinski definition) is 8. The Kier molecular flexibility index (Phi) is 10.6. The van der Waals surface area contributed by atoms with Crippen LogP contribution in [0.1, 0.15) is 31.4 Å². The van der Waals surface area contributed by atoms with Crippen molar-refractivity contribution in [2.24, 2.45) is 0 Å². The Morgan fingerprint density at radius 1 is 0.838 bits per heavy atom. The summed E-state index contributed by atoms with van der Waals surface area (Å²) in [4.78, 5) is 4.31. The summed E-state index contributed by atoms with van der Waals surface area (Å²) in [6, 6.07) is 17.0. The van der Waals surface area contributed by atoms with E-state index >= 15 is 0 Å². The normalized spacial score (nSPS) is 20.2. The van der Waals surface area contributed by atoms with E-state index in [4.69, 9.17) is 18.9 Å². The second-order valence-corrected chi connectivity index (χ2v) is 9.76. The second-order valence-electron chi connectivity index (χ2n) is 9.76. The maximum atomic E-state index is 10.4. The first-order chi connectivity index (χ1) is 18.1. The molecule has 0 aliphatic carbocycles. The zero-order valence-corrected chi connectivity index (χ0v) is 22.1. The van der Waals surface area contributed by atoms with Gasteiger partial charge in [-0.3, -0.25) is 0 Å². The summed E-state index contributed by atoms with van der Waals surface area (Å²) in [5, 5.41) is 20.7. The Morgan fingerprint density at radius 3 is 1.86 bits per heavy atom. The van der Waals surface area contributed by atoms with Crippen molar-refractivity contribution in [1.29, 1.82) is 0 Å². The van der Waals surface area contributed by atoms with Gasteiger partial charge in [0.25, 0.3) is 0 Å². The number of rotatable bonds is 17. The third-order valence-electron chi connectivity index (χ3n) is 6.69. The molecule has 4 atom stereocenters. The molecular formula is C29H42N2O6. The molecule has 2 fully saturated rings. The van der Waals surface area contributed by atoms with Gasteiger partial charge < -0.3 is 39.0 Å². The number of ether oxygens (including phenoxy) is 4. The van der Waals surface area contributed by atoms with Crippen molar-refractivity contribution in [3.8, 4) is 0 Å². The topological polar surface area (TPSA) is 87.2 Å². The fraction of sp³-hybridized carbons (Fsp3) is 0.586. The molecule has 0 aromatic heterocycles. The molecule has 2 aliphatic rings. The van der Waals surface area contributed by atoms with Crippen LogP contribution in [0, 0.1) is 0 Å². The van der Waals surface area contributed by atoms with E-state index in [9.17, 15) is 10.2 Å². The zero-order valence-electron chi connectivity index (χ0n) is 22.1. The van der Waals surface area contributed by atoms with E-state index in [1.54, 1.807) is 0 Å². The SMILES string of the molecule is CCOCC(O)CN(CC1CO1)c1ccc(Cc2ccc(N(CC(O)COCC)C3CCO3)cc2)cc1. The van der Waals surface area contributed by atoms with Crippen molar-refractivity contribution in [2.75, 3.05) is 69.1 Å². The van der Waals surface area contributed by atoms with Crippen LogP contribution in [0.4, 0.5) is 11.4 Å². The van der Waals surface area contributed by atoms with Crippen LogP contribution in [0.25, 0.3) is 0 Å². The van der Waals surface area contributed by atoms with Gasteiger partial charge in [0.15, 0.2) is 0 Å². The Bertz CT molecular complexity index is 917. The highest BCUT2D eigenvalue weighted by molar-refractivity contribution is 5.51. The van der Waals surface area contributed by atoms with Crippen molar-refractivity contribution in [3.63, 3.8) is 0 Å². The average Bonchev–Trinajstić information content (AvgIpc) is 3.69. The van der Waals surface area contributed by atoms with E-state index in [-0.39, 0.29) is 12.3 Å². The minimum absolute atomic E-state index is 0.00529. The third kappa shape index (κ3) is 8.67. The summed E-state index contributed by atoms with van der Waals surface area (Å²) in [6.07, 6.45) is 0.929. The van der Waals surface area contributed by atoms with Crippen molar-refractivity contribution in [1.82, 2.24) is 0 Å². The first kappa shape index (κ1) is 27.8. The molecule has 4 rings (SSSR count). The number of aliphatic hydroxyl groups is 2. The van der Waals surface area contributed by atoms with Crippen molar-refractivity contribution in [3.05, 3.63) is 59.7 Å². The van der Waals surface area contributed by atoms with Crippen LogP contribution in [-0.2, 0) is 25.4 Å². The van der Waals surface area contributed by atoms with E-state index in [0.717, 1.165) is 44.0 Å². The lowest BCUT2D eigenvalue weighted by molar-refractivity contribution is -0.0574. The Labute approximate surface area is 220 Å². The van der Waals surface area contributed by atoms with Gasteiger partial charge in [-0.15, -0.1) is 0 Å². The summed E-state index contributed by atoms with van der Waals surface area (Å²) in [5.41, 5.74) is 4.56. The first-order valence-electron chi connectivity index (χ1n) is 13.5. The molecule has 2 heterocycles. The van der Waals surface area contributed by atoms with Gasteiger partial charge in [-0.2, -0.15) is 0 Å². The molecule has 2 aromatic rings. The molecule has 2 N–H and O–H groups in total. The number of epoxide rings is 1. The number of benzene rings is 2. The van der Waals surface area contributed by atoms with E-state index in [1.807, 2.05) is 13.8 Å². The molecule has 2 aromatic carbocycles. The lowest BCUT2D eigenvalue weighted by Gasteiger charge is -2.40. The third-order valence-corrected chi connectivity index (χ3v) is 6.69. The maximum Gasteiger partial charge on any atom is 0.132 e. The largest absolute Gasteiger partial charge is 0.389 e. The van der Waals surface area contributed by atoms with Crippen LogP contribution in [-0.4, -0.2) is 94.0 Å². The fourth-order valence-corrected chi connectivity index (χ4v) is 4.52. The molecular weight excluding hydrogens is 472 g/mol. The molecule has 8 heteroatoms. The van der Waals surface area contributed by atoms with Crippen molar-refractivity contribution < 1.29 is 29.2 Å². The van der Waals surface area contributed by atoms with Crippen LogP contribution in [0.2, 0.25) is 0 Å². The van der Waals surface area contributed by atoms with Crippen LogP contribution in [0.15, 0.2) is 48.5 Å². The van der Waals surface area contributed by atoms with E-state index in [0.29, 0.717) is 39.5 Å². The lowest BCUT2D eigenvalue weighted by Crippen LogP contribution is -2.48. The minimum Gasteiger partial charge on any atom is -0.389 e. The summed E-state index contributed by atoms with van der Waals surface area (Å²) >= 11 is 0. The Hall–Kier alpha value is -2.20. The maximum absolute atomic E-state index is 10.4. The molecule has 8 nitrogen and oxygen atoms in total. The van der Waals surface area contributed by atoms with Gasteiger partial charge in [-0.05, 0) is 55.7 Å². The number of hydrogen-bond donors (Lipinski definition) is 2. The standard InChI is InChI=1S/C29H42N2O6/c1-3-34-19-26(32)16-30(18-28-21-37-28)24-9-5-22(6-10-24)15-23-7-11-25(12-8-23)31(29-13-14-36-29)17-27(33)20-35-4-2/h5-12,26-29,32-33H,3-4,13-21H2,1-2H3. The molecule has 0 spiro atoms. The van der Waals surface area contributed by atoms with Crippen LogP contribution in [0.5, 0.6) is 0 Å². The monoisotopic (exact) mass is 514 g/mol. The molecule has 204 valence electrons. The summed E-state index contributed by atoms with van der Waals surface area (Å²) < 4.78 is 21.9. The van der Waals surface area contributed by atoms with Crippen molar-refractivity contribution in [2.45, 2.75) is 51.2 Å². The second kappa shape index (κ2) is 14.1. The van der Waals surface area contributed by atoms with Crippen LogP contribution in [0.3, 0.4) is 0 Å². The number of anilines is 2. The molecule has 0 bridgehead atoms. The highest BCUT2D eigenvalue weighted by atomic mass is 16.6. The number of nitrogens with zero attached hydrogens (tertiary/aromatic N) is 2. The minimum atomic E-state index is -0.561. The summed E-state index contributed by atoms with van der Waals surface area (Å²) in [7, 11) is 0. The molecule has 37 heavy (non-hydrogen) atoms. The average molecular weight is 515 g/mol. The van der Waals surface area contributed by atoms with E-state index in [2.05, 4.69) is 58.3 Å². The van der Waals surface area contributed by atoms with Gasteiger partial charge in [0.2, 0.25) is 0 Å². The predicted octanol–water partition coefficient (Wildman–Crippen LogP) is 2.83. The van der Waals surface area contributed by atoms with Gasteiger partial charge in [0.1, 0.15) is 6.23 Å². The number of aliphatic hydroxyl groups excluding tert-OH is 2. The van der Waals surface area contributed by atoms with Gasteiger partial charge in [-0.25, -0.2) is 0 Å². The van der Waals surface area contributed by atoms with Gasteiger partial charge >= 0.3 is 0 Å². The van der Waals surface area contributed by atoms with Crippen LogP contribution < -0.4 is 9.80 Å². The van der Waals surface area contributed by atoms with Crippen LogP contribution >= 0.6 is 0 Å². The first-order valence-corrected chi connectivity index (χ1v) is 13.5. The van der Waals surface area contributed by atoms with E-state index in [1.165, 1.54) is 11.1 Å². The Morgan fingerprint density at radius 2 is 1.38 bits per heavy atom. The molecule has 2 saturated heterocycles. The van der Waals surface area contributed by atoms with Gasteiger partial charge in [0, 0.05) is 50.6 Å². The molecule has 4 unspecified atom stereocenters. The van der Waals surface area contributed by atoms with Gasteiger partial charge in [0.05, 0.1) is 44.7 Å². The quantitative estimate of drug-likeness (QED) is 0.312. The molecule has 0 radical (unpaired) electrons. The van der Waals surface area contributed by atoms with Crippen molar-refractivity contribution >= 4 is 11.4 Å². The summed E-state index contributed by atoms with van der Waals surface area (Å²) in [5.74, 6) is 0. The lowest BCUT2D eigenvalue weighted by atomic mass is 10.0. The predicted molar refractivity (Wildman–Crippen MR) is 144 cm³/mol. The highest BCUT2D eigenvalue weighted by Crippen LogP contribution is 2.26. The molecule has 0 saturated carbocycles. The highest BCUT2D eigenvalue weighted by Gasteiger charge is 2.28.